The molecule has 0 saturated carbocycles. The molecular weight excluding hydrogens is 222 g/mol. The van der Waals surface area contributed by atoms with Gasteiger partial charge >= 0.3 is 0 Å². The summed E-state index contributed by atoms with van der Waals surface area (Å²) in [7, 11) is 0. The molecule has 2 aromatic rings. The summed E-state index contributed by atoms with van der Waals surface area (Å²) in [4.78, 5) is 0. The predicted molar refractivity (Wildman–Crippen MR) is 74.9 cm³/mol. The minimum Gasteiger partial charge on any atom is -0.310 e. The fourth-order valence-electron chi connectivity index (χ4n) is 2.12. The van der Waals surface area contributed by atoms with Crippen molar-refractivity contribution in [2.24, 2.45) is 0 Å². The molecule has 96 valence electrons. The van der Waals surface area contributed by atoms with Gasteiger partial charge in [-0.05, 0) is 43.1 Å². The summed E-state index contributed by atoms with van der Waals surface area (Å²) in [5.74, 6) is 0. The van der Waals surface area contributed by atoms with Crippen molar-refractivity contribution >= 4 is 0 Å². The van der Waals surface area contributed by atoms with Gasteiger partial charge in [-0.1, -0.05) is 26.0 Å². The Morgan fingerprint density at radius 1 is 1.28 bits per heavy atom. The number of hydrogen-bond acceptors (Lipinski definition) is 2. The van der Waals surface area contributed by atoms with Crippen LogP contribution in [-0.4, -0.2) is 16.3 Å². The molecule has 2 rings (SSSR count). The summed E-state index contributed by atoms with van der Waals surface area (Å²) in [6.07, 6.45) is 6.04. The van der Waals surface area contributed by atoms with Crippen molar-refractivity contribution in [3.05, 3.63) is 48.3 Å². The van der Waals surface area contributed by atoms with Gasteiger partial charge in [0.2, 0.25) is 0 Å². The van der Waals surface area contributed by atoms with Crippen LogP contribution in [0.15, 0.2) is 42.7 Å². The summed E-state index contributed by atoms with van der Waals surface area (Å²) in [6, 6.07) is 11.0. The van der Waals surface area contributed by atoms with E-state index in [0.29, 0.717) is 6.04 Å². The molecule has 0 aliphatic carbocycles. The van der Waals surface area contributed by atoms with Crippen molar-refractivity contribution in [2.75, 3.05) is 6.54 Å². The first-order chi connectivity index (χ1) is 8.85. The molecule has 3 heteroatoms. The number of hydrogen-bond donors (Lipinski definition) is 1. The first-order valence-corrected chi connectivity index (χ1v) is 6.68. The van der Waals surface area contributed by atoms with Crippen LogP contribution in [-0.2, 0) is 0 Å². The van der Waals surface area contributed by atoms with Gasteiger partial charge in [-0.3, -0.25) is 0 Å². The third kappa shape index (κ3) is 2.99. The van der Waals surface area contributed by atoms with Gasteiger partial charge < -0.3 is 5.32 Å². The van der Waals surface area contributed by atoms with Crippen LogP contribution >= 0.6 is 0 Å². The van der Waals surface area contributed by atoms with Crippen molar-refractivity contribution in [1.29, 1.82) is 0 Å². The maximum absolute atomic E-state index is 4.27. The first kappa shape index (κ1) is 12.8. The Morgan fingerprint density at radius 3 is 2.83 bits per heavy atom. The Labute approximate surface area is 109 Å². The minimum absolute atomic E-state index is 0.431. The first-order valence-electron chi connectivity index (χ1n) is 6.68. The molecular formula is C15H21N3. The predicted octanol–water partition coefficient (Wildman–Crippen LogP) is 3.32. The molecule has 0 aliphatic heterocycles. The number of aromatic nitrogens is 2. The molecule has 0 bridgehead atoms. The number of nitrogens with zero attached hydrogens (tertiary/aromatic N) is 2. The van der Waals surface area contributed by atoms with Crippen molar-refractivity contribution in [1.82, 2.24) is 15.1 Å². The average molecular weight is 243 g/mol. The molecule has 0 fully saturated rings. The Kier molecular flexibility index (Phi) is 4.53. The average Bonchev–Trinajstić information content (AvgIpc) is 2.94. The van der Waals surface area contributed by atoms with Crippen LogP contribution in [0.1, 0.15) is 38.3 Å². The van der Waals surface area contributed by atoms with Crippen molar-refractivity contribution in [3.8, 4) is 5.69 Å². The van der Waals surface area contributed by atoms with Crippen LogP contribution in [0.3, 0.4) is 0 Å². The highest BCUT2D eigenvalue weighted by Gasteiger charge is 2.08. The molecule has 0 aliphatic rings. The van der Waals surface area contributed by atoms with E-state index in [4.69, 9.17) is 0 Å². The maximum atomic E-state index is 4.27. The zero-order valence-corrected chi connectivity index (χ0v) is 11.1. The summed E-state index contributed by atoms with van der Waals surface area (Å²) >= 11 is 0. The Hall–Kier alpha value is -1.61. The van der Waals surface area contributed by atoms with E-state index < -0.39 is 0 Å². The molecule has 1 unspecified atom stereocenters. The fraction of sp³-hybridized carbons (Fsp3) is 0.400. The second-order valence-corrected chi connectivity index (χ2v) is 4.46. The monoisotopic (exact) mass is 243 g/mol. The highest BCUT2D eigenvalue weighted by Crippen LogP contribution is 2.19. The lowest BCUT2D eigenvalue weighted by atomic mass is 10.0. The zero-order valence-electron chi connectivity index (χ0n) is 11.1. The number of nitrogens with one attached hydrogen (secondary N) is 1. The molecule has 0 saturated heterocycles. The van der Waals surface area contributed by atoms with Gasteiger partial charge in [0.1, 0.15) is 0 Å². The van der Waals surface area contributed by atoms with Gasteiger partial charge in [0.25, 0.3) is 0 Å². The highest BCUT2D eigenvalue weighted by molar-refractivity contribution is 5.36. The molecule has 1 atom stereocenters. The molecule has 1 aromatic carbocycles. The van der Waals surface area contributed by atoms with E-state index in [1.165, 1.54) is 5.56 Å². The quantitative estimate of drug-likeness (QED) is 0.843. The number of rotatable bonds is 6. The van der Waals surface area contributed by atoms with E-state index in [2.05, 4.69) is 48.5 Å². The second kappa shape index (κ2) is 6.36. The topological polar surface area (TPSA) is 29.9 Å². The van der Waals surface area contributed by atoms with Gasteiger partial charge in [-0.2, -0.15) is 5.10 Å². The summed E-state index contributed by atoms with van der Waals surface area (Å²) in [5, 5.41) is 7.85. The van der Waals surface area contributed by atoms with Gasteiger partial charge in [-0.15, -0.1) is 0 Å². The molecule has 0 amide bonds. The largest absolute Gasteiger partial charge is 0.310 e. The molecule has 1 N–H and O–H groups in total. The van der Waals surface area contributed by atoms with Crippen LogP contribution in [0.4, 0.5) is 0 Å². The van der Waals surface area contributed by atoms with Crippen LogP contribution in [0.2, 0.25) is 0 Å². The molecule has 1 heterocycles. The van der Waals surface area contributed by atoms with Crippen LogP contribution in [0, 0.1) is 0 Å². The highest BCUT2D eigenvalue weighted by atomic mass is 15.3. The smallest absolute Gasteiger partial charge is 0.0648 e. The van der Waals surface area contributed by atoms with Crippen LogP contribution < -0.4 is 5.32 Å². The van der Waals surface area contributed by atoms with E-state index in [0.717, 1.165) is 25.1 Å². The Balaban J connectivity index is 2.20. The zero-order chi connectivity index (χ0) is 12.8. The molecule has 3 nitrogen and oxygen atoms in total. The van der Waals surface area contributed by atoms with Crippen molar-refractivity contribution in [3.63, 3.8) is 0 Å². The lowest BCUT2D eigenvalue weighted by Crippen LogP contribution is -2.21. The van der Waals surface area contributed by atoms with Crippen molar-refractivity contribution in [2.45, 2.75) is 32.7 Å². The van der Waals surface area contributed by atoms with Crippen LogP contribution in [0.25, 0.3) is 5.69 Å². The lowest BCUT2D eigenvalue weighted by molar-refractivity contribution is 0.518. The minimum atomic E-state index is 0.431. The third-order valence-corrected chi connectivity index (χ3v) is 3.09. The van der Waals surface area contributed by atoms with E-state index in [1.54, 1.807) is 6.20 Å². The van der Waals surface area contributed by atoms with E-state index >= 15 is 0 Å². The van der Waals surface area contributed by atoms with Gasteiger partial charge in [0.05, 0.1) is 5.69 Å². The maximum Gasteiger partial charge on any atom is 0.0648 e. The summed E-state index contributed by atoms with van der Waals surface area (Å²) < 4.78 is 1.90. The SMILES string of the molecule is CCCNC(CC)c1cccc(-n2cccn2)c1. The second-order valence-electron chi connectivity index (χ2n) is 4.46. The Morgan fingerprint density at radius 2 is 2.17 bits per heavy atom. The molecule has 0 spiro atoms. The molecule has 0 radical (unpaired) electrons. The normalized spacial score (nSPS) is 12.6. The van der Waals surface area contributed by atoms with E-state index in [-0.39, 0.29) is 0 Å². The number of benzene rings is 1. The van der Waals surface area contributed by atoms with Gasteiger partial charge in [0.15, 0.2) is 0 Å². The lowest BCUT2D eigenvalue weighted by Gasteiger charge is -2.17. The van der Waals surface area contributed by atoms with Gasteiger partial charge in [-0.25, -0.2) is 4.68 Å². The Bertz CT molecular complexity index is 462. The molecule has 1 aromatic heterocycles. The summed E-state index contributed by atoms with van der Waals surface area (Å²) in [6.45, 7) is 5.47. The standard InChI is InChI=1S/C15H21N3/c1-3-9-16-15(4-2)13-7-5-8-14(12-13)18-11-6-10-17-18/h5-8,10-12,15-16H,3-4,9H2,1-2H3. The third-order valence-electron chi connectivity index (χ3n) is 3.09. The van der Waals surface area contributed by atoms with E-state index in [9.17, 15) is 0 Å². The van der Waals surface area contributed by atoms with Crippen LogP contribution in [0.5, 0.6) is 0 Å². The molecule has 18 heavy (non-hydrogen) atoms. The van der Waals surface area contributed by atoms with Crippen molar-refractivity contribution < 1.29 is 0 Å². The fourth-order valence-corrected chi connectivity index (χ4v) is 2.12. The van der Waals surface area contributed by atoms with Gasteiger partial charge in [0, 0.05) is 18.4 Å². The van der Waals surface area contributed by atoms with E-state index in [1.807, 2.05) is 16.9 Å². The summed E-state index contributed by atoms with van der Waals surface area (Å²) in [5.41, 5.74) is 2.45.